The minimum atomic E-state index is -0.707. The summed E-state index contributed by atoms with van der Waals surface area (Å²) >= 11 is 0. The molecule has 1 heterocycles. The van der Waals surface area contributed by atoms with Crippen molar-refractivity contribution in [2.45, 2.75) is 32.2 Å². The monoisotopic (exact) mass is 200 g/mol. The summed E-state index contributed by atoms with van der Waals surface area (Å²) in [7, 11) is 0. The van der Waals surface area contributed by atoms with E-state index in [0.29, 0.717) is 13.0 Å². The molecule has 1 aliphatic rings. The van der Waals surface area contributed by atoms with Gasteiger partial charge in [-0.05, 0) is 19.4 Å². The van der Waals surface area contributed by atoms with Crippen LogP contribution in [-0.2, 0) is 4.79 Å². The maximum Gasteiger partial charge on any atom is 0.307 e. The van der Waals surface area contributed by atoms with Gasteiger partial charge in [0.1, 0.15) is 0 Å². The lowest BCUT2D eigenvalue weighted by atomic mass is 9.95. The van der Waals surface area contributed by atoms with Crippen LogP contribution < -0.4 is 5.73 Å². The Morgan fingerprint density at radius 1 is 1.57 bits per heavy atom. The number of nitrogens with zero attached hydrogens (tertiary/aromatic N) is 1. The van der Waals surface area contributed by atoms with Crippen molar-refractivity contribution in [2.24, 2.45) is 11.7 Å². The first-order chi connectivity index (χ1) is 6.63. The summed E-state index contributed by atoms with van der Waals surface area (Å²) in [6.07, 6.45) is 2.89. The molecule has 4 nitrogen and oxygen atoms in total. The summed E-state index contributed by atoms with van der Waals surface area (Å²) in [5.74, 6) is -0.975. The number of carboxylic acids is 1. The highest BCUT2D eigenvalue weighted by atomic mass is 16.4. The zero-order valence-corrected chi connectivity index (χ0v) is 8.78. The van der Waals surface area contributed by atoms with E-state index in [-0.39, 0.29) is 12.0 Å². The van der Waals surface area contributed by atoms with Crippen LogP contribution in [0.5, 0.6) is 0 Å². The van der Waals surface area contributed by atoms with Gasteiger partial charge in [-0.2, -0.15) is 0 Å². The highest BCUT2D eigenvalue weighted by molar-refractivity contribution is 5.70. The number of nitrogens with two attached hydrogens (primary N) is 1. The van der Waals surface area contributed by atoms with Crippen molar-refractivity contribution in [2.75, 3.05) is 19.6 Å². The van der Waals surface area contributed by atoms with Gasteiger partial charge in [0, 0.05) is 19.1 Å². The van der Waals surface area contributed by atoms with Crippen molar-refractivity contribution in [1.29, 1.82) is 0 Å². The number of aliphatic carboxylic acids is 1. The van der Waals surface area contributed by atoms with Gasteiger partial charge in [-0.25, -0.2) is 0 Å². The van der Waals surface area contributed by atoms with E-state index in [1.165, 1.54) is 0 Å². The van der Waals surface area contributed by atoms with Crippen molar-refractivity contribution in [3.05, 3.63) is 0 Å². The third-order valence-corrected chi connectivity index (χ3v) is 2.74. The van der Waals surface area contributed by atoms with E-state index in [1.54, 1.807) is 0 Å². The van der Waals surface area contributed by atoms with Crippen LogP contribution in [0.15, 0.2) is 0 Å². The molecule has 82 valence electrons. The molecule has 0 aromatic carbocycles. The Morgan fingerprint density at radius 2 is 2.29 bits per heavy atom. The minimum Gasteiger partial charge on any atom is -0.481 e. The zero-order chi connectivity index (χ0) is 10.6. The van der Waals surface area contributed by atoms with E-state index in [2.05, 4.69) is 11.8 Å². The molecule has 0 bridgehead atoms. The van der Waals surface area contributed by atoms with Crippen LogP contribution in [0.4, 0.5) is 0 Å². The number of carboxylic acid groups (broad SMARTS) is 1. The van der Waals surface area contributed by atoms with Crippen LogP contribution in [0.1, 0.15) is 26.2 Å². The lowest BCUT2D eigenvalue weighted by molar-refractivity contribution is -0.143. The molecule has 3 N–H and O–H groups in total. The van der Waals surface area contributed by atoms with Crippen LogP contribution in [0, 0.1) is 5.92 Å². The molecule has 0 amide bonds. The Labute approximate surface area is 85.1 Å². The summed E-state index contributed by atoms with van der Waals surface area (Å²) in [6, 6.07) is 0.0294. The number of hydrogen-bond donors (Lipinski definition) is 2. The van der Waals surface area contributed by atoms with Crippen molar-refractivity contribution in [3.8, 4) is 0 Å². The van der Waals surface area contributed by atoms with E-state index < -0.39 is 5.97 Å². The Balaban J connectivity index is 2.41. The average molecular weight is 200 g/mol. The summed E-state index contributed by atoms with van der Waals surface area (Å²) in [4.78, 5) is 13.0. The van der Waals surface area contributed by atoms with Crippen molar-refractivity contribution < 1.29 is 9.90 Å². The third-order valence-electron chi connectivity index (χ3n) is 2.74. The molecule has 0 aromatic rings. The van der Waals surface area contributed by atoms with Gasteiger partial charge in [0.15, 0.2) is 0 Å². The van der Waals surface area contributed by atoms with Crippen LogP contribution in [0.2, 0.25) is 0 Å². The second kappa shape index (κ2) is 5.32. The van der Waals surface area contributed by atoms with E-state index in [0.717, 1.165) is 25.9 Å². The second-order valence-corrected chi connectivity index (χ2v) is 4.14. The fourth-order valence-electron chi connectivity index (χ4n) is 1.98. The zero-order valence-electron chi connectivity index (χ0n) is 8.78. The number of rotatable bonds is 4. The maximum absolute atomic E-state index is 10.8. The first-order valence-corrected chi connectivity index (χ1v) is 5.34. The fourth-order valence-corrected chi connectivity index (χ4v) is 1.98. The highest BCUT2D eigenvalue weighted by Crippen LogP contribution is 2.16. The molecule has 1 fully saturated rings. The van der Waals surface area contributed by atoms with Crippen molar-refractivity contribution in [1.82, 2.24) is 4.90 Å². The van der Waals surface area contributed by atoms with Gasteiger partial charge in [-0.15, -0.1) is 0 Å². The highest BCUT2D eigenvalue weighted by Gasteiger charge is 2.29. The SMILES string of the molecule is CCCCN1CC(N)CC(C(=O)O)C1. The van der Waals surface area contributed by atoms with Gasteiger partial charge in [-0.3, -0.25) is 4.79 Å². The predicted octanol–water partition coefficient (Wildman–Crippen LogP) is 0.520. The lowest BCUT2D eigenvalue weighted by Gasteiger charge is -2.34. The molecule has 2 atom stereocenters. The lowest BCUT2D eigenvalue weighted by Crippen LogP contribution is -2.49. The summed E-state index contributed by atoms with van der Waals surface area (Å²) in [5, 5.41) is 8.92. The summed E-state index contributed by atoms with van der Waals surface area (Å²) in [5.41, 5.74) is 5.82. The molecule has 1 saturated heterocycles. The molecule has 4 heteroatoms. The topological polar surface area (TPSA) is 66.6 Å². The molecular weight excluding hydrogens is 180 g/mol. The summed E-state index contributed by atoms with van der Waals surface area (Å²) < 4.78 is 0. The predicted molar refractivity (Wildman–Crippen MR) is 55.1 cm³/mol. The van der Waals surface area contributed by atoms with Crippen LogP contribution in [0.25, 0.3) is 0 Å². The number of unbranched alkanes of at least 4 members (excludes halogenated alkanes) is 1. The molecule has 14 heavy (non-hydrogen) atoms. The summed E-state index contributed by atoms with van der Waals surface area (Å²) in [6.45, 7) is 4.64. The Bertz CT molecular complexity index is 197. The smallest absolute Gasteiger partial charge is 0.307 e. The van der Waals surface area contributed by atoms with Crippen LogP contribution in [-0.4, -0.2) is 41.7 Å². The Hall–Kier alpha value is -0.610. The Kier molecular flexibility index (Phi) is 4.35. The maximum atomic E-state index is 10.8. The molecule has 0 radical (unpaired) electrons. The molecular formula is C10H20N2O2. The van der Waals surface area contributed by atoms with Crippen molar-refractivity contribution >= 4 is 5.97 Å². The second-order valence-electron chi connectivity index (χ2n) is 4.14. The van der Waals surface area contributed by atoms with E-state index in [9.17, 15) is 4.79 Å². The quantitative estimate of drug-likeness (QED) is 0.694. The molecule has 1 aliphatic heterocycles. The molecule has 0 aliphatic carbocycles. The number of piperidine rings is 1. The number of carbonyl (C=O) groups is 1. The van der Waals surface area contributed by atoms with Gasteiger partial charge in [-0.1, -0.05) is 13.3 Å². The number of likely N-dealkylation sites (tertiary alicyclic amines) is 1. The first-order valence-electron chi connectivity index (χ1n) is 5.34. The molecule has 0 saturated carbocycles. The minimum absolute atomic E-state index is 0.0294. The Morgan fingerprint density at radius 3 is 2.86 bits per heavy atom. The largest absolute Gasteiger partial charge is 0.481 e. The molecule has 0 aromatic heterocycles. The van der Waals surface area contributed by atoms with Crippen molar-refractivity contribution in [3.63, 3.8) is 0 Å². The normalized spacial score (nSPS) is 29.0. The average Bonchev–Trinajstić information content (AvgIpc) is 2.14. The molecule has 1 rings (SSSR count). The number of hydrogen-bond acceptors (Lipinski definition) is 3. The van der Waals surface area contributed by atoms with Gasteiger partial charge in [0.05, 0.1) is 5.92 Å². The molecule has 0 spiro atoms. The van der Waals surface area contributed by atoms with E-state index >= 15 is 0 Å². The van der Waals surface area contributed by atoms with Gasteiger partial charge < -0.3 is 15.7 Å². The van der Waals surface area contributed by atoms with Crippen LogP contribution >= 0.6 is 0 Å². The fraction of sp³-hybridized carbons (Fsp3) is 0.900. The van der Waals surface area contributed by atoms with Gasteiger partial charge in [0.25, 0.3) is 0 Å². The molecule has 2 unspecified atom stereocenters. The first kappa shape index (κ1) is 11.5. The van der Waals surface area contributed by atoms with E-state index in [1.807, 2.05) is 0 Å². The van der Waals surface area contributed by atoms with Gasteiger partial charge in [0.2, 0.25) is 0 Å². The third kappa shape index (κ3) is 3.27. The van der Waals surface area contributed by atoms with Gasteiger partial charge >= 0.3 is 5.97 Å². The van der Waals surface area contributed by atoms with Crippen LogP contribution in [0.3, 0.4) is 0 Å². The standard InChI is InChI=1S/C10H20N2O2/c1-2-3-4-12-6-8(10(13)14)5-9(11)7-12/h8-9H,2-7,11H2,1H3,(H,13,14). The van der Waals surface area contributed by atoms with E-state index in [4.69, 9.17) is 10.8 Å².